The minimum absolute atomic E-state index is 0.0298. The Morgan fingerprint density at radius 3 is 2.78 bits per heavy atom. The van der Waals surface area contributed by atoms with Crippen LogP contribution in [0.15, 0.2) is 24.3 Å². The molecule has 0 saturated carbocycles. The molecule has 2 heterocycles. The molecule has 1 aromatic carbocycles. The number of benzene rings is 1. The molecule has 0 aromatic heterocycles. The van der Waals surface area contributed by atoms with E-state index in [1.165, 1.54) is 0 Å². The molecule has 0 unspecified atom stereocenters. The lowest BCUT2D eigenvalue weighted by molar-refractivity contribution is -0.125. The number of nitrogens with zero attached hydrogens (tertiary/aromatic N) is 2. The maximum absolute atomic E-state index is 12.3. The van der Waals surface area contributed by atoms with Crippen molar-refractivity contribution < 1.29 is 14.3 Å². The van der Waals surface area contributed by atoms with Crippen LogP contribution in [0.5, 0.6) is 0 Å². The second kappa shape index (κ2) is 7.43. The Morgan fingerprint density at radius 1 is 1.22 bits per heavy atom. The standard InChI is InChI=1S/C16H22N4O3/c21-15-11-19(6-5-17-15)12-16(22)18-13-3-1-2-4-14(13)20-7-9-23-10-8-20/h1-4H,5-12H2,(H,17,21)(H,18,22). The van der Waals surface area contributed by atoms with Gasteiger partial charge in [0.1, 0.15) is 0 Å². The molecule has 2 aliphatic heterocycles. The zero-order valence-electron chi connectivity index (χ0n) is 13.1. The van der Waals surface area contributed by atoms with Gasteiger partial charge < -0.3 is 20.3 Å². The number of hydrogen-bond donors (Lipinski definition) is 2. The highest BCUT2D eigenvalue weighted by Gasteiger charge is 2.20. The van der Waals surface area contributed by atoms with E-state index in [1.807, 2.05) is 29.2 Å². The summed E-state index contributed by atoms with van der Waals surface area (Å²) in [5.41, 5.74) is 1.82. The van der Waals surface area contributed by atoms with Gasteiger partial charge in [-0.1, -0.05) is 12.1 Å². The fourth-order valence-electron chi connectivity index (χ4n) is 2.88. The summed E-state index contributed by atoms with van der Waals surface area (Å²) in [5.74, 6) is -0.127. The number of carbonyl (C=O) groups is 2. The molecule has 2 N–H and O–H groups in total. The first kappa shape index (κ1) is 15.8. The summed E-state index contributed by atoms with van der Waals surface area (Å²) in [5, 5.41) is 5.73. The Kier molecular flexibility index (Phi) is 5.09. The third kappa shape index (κ3) is 4.20. The Labute approximate surface area is 135 Å². The van der Waals surface area contributed by atoms with E-state index in [4.69, 9.17) is 4.74 Å². The lowest BCUT2D eigenvalue weighted by atomic mass is 10.2. The number of rotatable bonds is 4. The lowest BCUT2D eigenvalue weighted by Crippen LogP contribution is -2.49. The molecule has 0 aliphatic carbocycles. The van der Waals surface area contributed by atoms with Gasteiger partial charge in [0, 0.05) is 26.2 Å². The normalized spacial score (nSPS) is 19.3. The van der Waals surface area contributed by atoms with Gasteiger partial charge in [0.2, 0.25) is 11.8 Å². The summed E-state index contributed by atoms with van der Waals surface area (Å²) in [6.45, 7) is 4.83. The number of hydrogen-bond acceptors (Lipinski definition) is 5. The fraction of sp³-hybridized carbons (Fsp3) is 0.500. The number of nitrogens with one attached hydrogen (secondary N) is 2. The molecule has 0 spiro atoms. The van der Waals surface area contributed by atoms with Crippen LogP contribution in [-0.4, -0.2) is 69.2 Å². The molecular weight excluding hydrogens is 296 g/mol. The van der Waals surface area contributed by atoms with Crippen LogP contribution in [0.25, 0.3) is 0 Å². The highest BCUT2D eigenvalue weighted by molar-refractivity contribution is 5.96. The number of anilines is 2. The van der Waals surface area contributed by atoms with Crippen molar-refractivity contribution in [3.05, 3.63) is 24.3 Å². The zero-order valence-corrected chi connectivity index (χ0v) is 13.1. The monoisotopic (exact) mass is 318 g/mol. The van der Waals surface area contributed by atoms with E-state index in [0.717, 1.165) is 24.5 Å². The number of morpholine rings is 1. The molecule has 124 valence electrons. The third-order valence-electron chi connectivity index (χ3n) is 4.01. The average Bonchev–Trinajstić information content (AvgIpc) is 2.56. The van der Waals surface area contributed by atoms with Gasteiger partial charge >= 0.3 is 0 Å². The predicted molar refractivity (Wildman–Crippen MR) is 87.6 cm³/mol. The minimum Gasteiger partial charge on any atom is -0.378 e. The summed E-state index contributed by atoms with van der Waals surface area (Å²) in [6.07, 6.45) is 0. The fourth-order valence-corrected chi connectivity index (χ4v) is 2.88. The molecule has 2 fully saturated rings. The Hall–Kier alpha value is -2.12. The summed E-state index contributed by atoms with van der Waals surface area (Å²) in [7, 11) is 0. The Balaban J connectivity index is 1.62. The van der Waals surface area contributed by atoms with Gasteiger partial charge in [-0.15, -0.1) is 0 Å². The average molecular weight is 318 g/mol. The SMILES string of the molecule is O=C1CN(CC(=O)Nc2ccccc2N2CCOCC2)CCN1. The molecule has 7 nitrogen and oxygen atoms in total. The molecule has 0 bridgehead atoms. The first-order valence-electron chi connectivity index (χ1n) is 7.93. The second-order valence-electron chi connectivity index (χ2n) is 5.73. The largest absolute Gasteiger partial charge is 0.378 e. The number of amides is 2. The van der Waals surface area contributed by atoms with Crippen molar-refractivity contribution in [1.82, 2.24) is 10.2 Å². The van der Waals surface area contributed by atoms with Crippen LogP contribution in [0.2, 0.25) is 0 Å². The number of carbonyl (C=O) groups excluding carboxylic acids is 2. The van der Waals surface area contributed by atoms with Crippen LogP contribution in [-0.2, 0) is 14.3 Å². The van der Waals surface area contributed by atoms with Crippen LogP contribution in [0.4, 0.5) is 11.4 Å². The van der Waals surface area contributed by atoms with E-state index in [0.29, 0.717) is 26.3 Å². The summed E-state index contributed by atoms with van der Waals surface area (Å²) >= 11 is 0. The maximum atomic E-state index is 12.3. The highest BCUT2D eigenvalue weighted by atomic mass is 16.5. The van der Waals surface area contributed by atoms with Crippen molar-refractivity contribution in [2.24, 2.45) is 0 Å². The van der Waals surface area contributed by atoms with Gasteiger partial charge in [0.05, 0.1) is 37.7 Å². The van der Waals surface area contributed by atoms with Crippen molar-refractivity contribution in [3.63, 3.8) is 0 Å². The summed E-state index contributed by atoms with van der Waals surface area (Å²) in [6, 6.07) is 7.80. The van der Waals surface area contributed by atoms with Gasteiger partial charge in [-0.2, -0.15) is 0 Å². The first-order chi connectivity index (χ1) is 11.2. The van der Waals surface area contributed by atoms with E-state index in [2.05, 4.69) is 15.5 Å². The van der Waals surface area contributed by atoms with E-state index in [-0.39, 0.29) is 24.9 Å². The maximum Gasteiger partial charge on any atom is 0.238 e. The van der Waals surface area contributed by atoms with Crippen molar-refractivity contribution in [1.29, 1.82) is 0 Å². The molecule has 2 aliphatic rings. The highest BCUT2D eigenvalue weighted by Crippen LogP contribution is 2.26. The molecule has 7 heteroatoms. The van der Waals surface area contributed by atoms with Gasteiger partial charge in [-0.25, -0.2) is 0 Å². The van der Waals surface area contributed by atoms with E-state index < -0.39 is 0 Å². The van der Waals surface area contributed by atoms with E-state index in [1.54, 1.807) is 0 Å². The minimum atomic E-state index is -0.0968. The molecule has 1 aromatic rings. The van der Waals surface area contributed by atoms with Gasteiger partial charge in [-0.3, -0.25) is 14.5 Å². The number of piperazine rings is 1. The third-order valence-corrected chi connectivity index (χ3v) is 4.01. The second-order valence-corrected chi connectivity index (χ2v) is 5.73. The van der Waals surface area contributed by atoms with Crippen LogP contribution in [0, 0.1) is 0 Å². The van der Waals surface area contributed by atoms with Crippen molar-refractivity contribution in [3.8, 4) is 0 Å². The lowest BCUT2D eigenvalue weighted by Gasteiger charge is -2.31. The zero-order chi connectivity index (χ0) is 16.1. The number of para-hydroxylation sites is 2. The Morgan fingerprint density at radius 2 is 2.00 bits per heavy atom. The predicted octanol–water partition coefficient (Wildman–Crippen LogP) is -0.106. The van der Waals surface area contributed by atoms with Crippen LogP contribution >= 0.6 is 0 Å². The van der Waals surface area contributed by atoms with E-state index >= 15 is 0 Å². The van der Waals surface area contributed by atoms with Crippen LogP contribution in [0.1, 0.15) is 0 Å². The van der Waals surface area contributed by atoms with Gasteiger partial charge in [0.25, 0.3) is 0 Å². The van der Waals surface area contributed by atoms with Crippen molar-refractivity contribution >= 4 is 23.2 Å². The van der Waals surface area contributed by atoms with Crippen molar-refractivity contribution in [2.75, 3.05) is 62.7 Å². The molecule has 3 rings (SSSR count). The molecule has 23 heavy (non-hydrogen) atoms. The quantitative estimate of drug-likeness (QED) is 0.811. The topological polar surface area (TPSA) is 73.9 Å². The van der Waals surface area contributed by atoms with Crippen LogP contribution in [0.3, 0.4) is 0 Å². The van der Waals surface area contributed by atoms with Gasteiger partial charge in [-0.05, 0) is 12.1 Å². The molecular formula is C16H22N4O3. The summed E-state index contributed by atoms with van der Waals surface area (Å²) < 4.78 is 5.38. The number of ether oxygens (including phenoxy) is 1. The van der Waals surface area contributed by atoms with Crippen LogP contribution < -0.4 is 15.5 Å². The Bertz CT molecular complexity index is 572. The molecule has 2 amide bonds. The molecule has 0 radical (unpaired) electrons. The van der Waals surface area contributed by atoms with Crippen molar-refractivity contribution in [2.45, 2.75) is 0 Å². The summed E-state index contributed by atoms with van der Waals surface area (Å²) in [4.78, 5) is 27.7. The van der Waals surface area contributed by atoms with Gasteiger partial charge in [0.15, 0.2) is 0 Å². The molecule has 0 atom stereocenters. The molecule has 2 saturated heterocycles. The smallest absolute Gasteiger partial charge is 0.238 e. The first-order valence-corrected chi connectivity index (χ1v) is 7.93. The van der Waals surface area contributed by atoms with E-state index in [9.17, 15) is 9.59 Å².